The monoisotopic (exact) mass is 396 g/mol. The lowest BCUT2D eigenvalue weighted by molar-refractivity contribution is -0.137. The number of carbonyl (C=O) groups is 2. The molecule has 1 unspecified atom stereocenters. The van der Waals surface area contributed by atoms with E-state index in [1.807, 2.05) is 0 Å². The molecule has 0 N–H and O–H groups in total. The zero-order valence-corrected chi connectivity index (χ0v) is 15.1. The predicted octanol–water partition coefficient (Wildman–Crippen LogP) is 4.52. The molecule has 1 aliphatic heterocycles. The summed E-state index contributed by atoms with van der Waals surface area (Å²) in [5.41, 5.74) is -0.380. The van der Waals surface area contributed by atoms with E-state index in [-0.39, 0.29) is 29.5 Å². The van der Waals surface area contributed by atoms with Crippen molar-refractivity contribution in [2.24, 2.45) is 0 Å². The molecule has 1 atom stereocenters. The Hall–Kier alpha value is -2.54. The normalized spacial score (nSPS) is 17.3. The first-order valence-electron chi connectivity index (χ1n) is 8.21. The van der Waals surface area contributed by atoms with Crippen molar-refractivity contribution in [1.82, 2.24) is 0 Å². The van der Waals surface area contributed by atoms with Crippen LogP contribution >= 0.6 is 11.6 Å². The molecule has 0 aromatic heterocycles. The van der Waals surface area contributed by atoms with Crippen LogP contribution in [-0.2, 0) is 15.8 Å². The third-order valence-corrected chi connectivity index (χ3v) is 4.82. The third kappa shape index (κ3) is 3.78. The smallest absolute Gasteiger partial charge is 0.312 e. The summed E-state index contributed by atoms with van der Waals surface area (Å²) in [6.45, 7) is 0. The van der Waals surface area contributed by atoms with Crippen molar-refractivity contribution in [1.29, 1.82) is 0 Å². The maximum absolute atomic E-state index is 13.0. The maximum Gasteiger partial charge on any atom is 0.416 e. The number of amides is 2. The van der Waals surface area contributed by atoms with Crippen LogP contribution in [0, 0.1) is 0 Å². The Morgan fingerprint density at radius 3 is 2.48 bits per heavy atom. The number of hydrogen-bond acceptors (Lipinski definition) is 2. The minimum atomic E-state index is -4.55. The van der Waals surface area contributed by atoms with E-state index in [1.54, 1.807) is 30.3 Å². The number of alkyl halides is 3. The maximum atomic E-state index is 13.0. The first-order valence-corrected chi connectivity index (χ1v) is 8.59. The predicted molar refractivity (Wildman–Crippen MR) is 96.8 cm³/mol. The molecule has 0 saturated carbocycles. The SMILES string of the molecule is CN(C(=O)C1CCC(=O)N1c1ccccc1)c1cc(C(F)(F)F)ccc1Cl. The molecule has 2 aromatic rings. The van der Waals surface area contributed by atoms with Gasteiger partial charge in [-0.05, 0) is 36.8 Å². The van der Waals surface area contributed by atoms with Crippen molar-refractivity contribution in [3.05, 3.63) is 59.1 Å². The van der Waals surface area contributed by atoms with Crippen LogP contribution in [0.5, 0.6) is 0 Å². The fourth-order valence-corrected chi connectivity index (χ4v) is 3.36. The van der Waals surface area contributed by atoms with Crippen LogP contribution in [-0.4, -0.2) is 24.9 Å². The minimum absolute atomic E-state index is 0.0226. The summed E-state index contributed by atoms with van der Waals surface area (Å²) in [7, 11) is 1.36. The molecule has 1 heterocycles. The van der Waals surface area contributed by atoms with E-state index >= 15 is 0 Å². The number of nitrogens with zero attached hydrogens (tertiary/aromatic N) is 2. The second kappa shape index (κ2) is 7.23. The van der Waals surface area contributed by atoms with Gasteiger partial charge in [0.25, 0.3) is 0 Å². The minimum Gasteiger partial charge on any atom is -0.312 e. The van der Waals surface area contributed by atoms with Crippen LogP contribution < -0.4 is 9.80 Å². The summed E-state index contributed by atoms with van der Waals surface area (Å²) in [6, 6.07) is 10.7. The van der Waals surface area contributed by atoms with E-state index in [0.717, 1.165) is 23.1 Å². The molecular weight excluding hydrogens is 381 g/mol. The van der Waals surface area contributed by atoms with Gasteiger partial charge in [0.15, 0.2) is 0 Å². The van der Waals surface area contributed by atoms with E-state index in [1.165, 1.54) is 11.9 Å². The molecule has 1 saturated heterocycles. The van der Waals surface area contributed by atoms with E-state index in [2.05, 4.69) is 0 Å². The van der Waals surface area contributed by atoms with Crippen molar-refractivity contribution in [3.8, 4) is 0 Å². The van der Waals surface area contributed by atoms with Crippen molar-refractivity contribution in [2.75, 3.05) is 16.8 Å². The molecule has 0 spiro atoms. The highest BCUT2D eigenvalue weighted by molar-refractivity contribution is 6.34. The van der Waals surface area contributed by atoms with Crippen LogP contribution in [0.2, 0.25) is 5.02 Å². The van der Waals surface area contributed by atoms with Crippen LogP contribution in [0.1, 0.15) is 18.4 Å². The number of halogens is 4. The van der Waals surface area contributed by atoms with Crippen molar-refractivity contribution >= 4 is 34.8 Å². The van der Waals surface area contributed by atoms with E-state index in [9.17, 15) is 22.8 Å². The Morgan fingerprint density at radius 1 is 1.19 bits per heavy atom. The summed E-state index contributed by atoms with van der Waals surface area (Å²) in [6.07, 6.45) is -4.08. The van der Waals surface area contributed by atoms with Crippen LogP contribution in [0.3, 0.4) is 0 Å². The lowest BCUT2D eigenvalue weighted by Gasteiger charge is -2.29. The van der Waals surface area contributed by atoms with Crippen molar-refractivity contribution in [2.45, 2.75) is 25.1 Å². The average Bonchev–Trinajstić information content (AvgIpc) is 3.02. The average molecular weight is 397 g/mol. The fourth-order valence-electron chi connectivity index (χ4n) is 3.12. The topological polar surface area (TPSA) is 40.6 Å². The van der Waals surface area contributed by atoms with Gasteiger partial charge in [0.2, 0.25) is 11.8 Å². The Kier molecular flexibility index (Phi) is 5.15. The van der Waals surface area contributed by atoms with E-state index in [0.29, 0.717) is 5.69 Å². The van der Waals surface area contributed by atoms with Gasteiger partial charge in [0.1, 0.15) is 6.04 Å². The molecule has 142 valence electrons. The molecule has 2 aromatic carbocycles. The van der Waals surface area contributed by atoms with Gasteiger partial charge in [-0.3, -0.25) is 14.5 Å². The molecule has 27 heavy (non-hydrogen) atoms. The fraction of sp³-hybridized carbons (Fsp3) is 0.263. The lowest BCUT2D eigenvalue weighted by atomic mass is 10.1. The van der Waals surface area contributed by atoms with Crippen LogP contribution in [0.25, 0.3) is 0 Å². The number of para-hydroxylation sites is 1. The molecule has 0 radical (unpaired) electrons. The summed E-state index contributed by atoms with van der Waals surface area (Å²) < 4.78 is 39.0. The second-order valence-corrected chi connectivity index (χ2v) is 6.62. The second-order valence-electron chi connectivity index (χ2n) is 6.21. The Bertz CT molecular complexity index is 871. The summed E-state index contributed by atoms with van der Waals surface area (Å²) in [5.74, 6) is -0.700. The largest absolute Gasteiger partial charge is 0.416 e. The molecule has 3 rings (SSSR count). The van der Waals surface area contributed by atoms with Gasteiger partial charge in [0, 0.05) is 19.2 Å². The van der Waals surface area contributed by atoms with Crippen LogP contribution in [0.4, 0.5) is 24.5 Å². The van der Waals surface area contributed by atoms with Gasteiger partial charge in [-0.15, -0.1) is 0 Å². The summed E-state index contributed by atoms with van der Waals surface area (Å²) in [4.78, 5) is 27.7. The Morgan fingerprint density at radius 2 is 1.85 bits per heavy atom. The first-order chi connectivity index (χ1) is 12.7. The zero-order valence-electron chi connectivity index (χ0n) is 14.3. The molecule has 1 aliphatic rings. The number of likely N-dealkylation sites (N-methyl/N-ethyl adjacent to an activating group) is 1. The van der Waals surface area contributed by atoms with Gasteiger partial charge in [-0.2, -0.15) is 13.2 Å². The van der Waals surface area contributed by atoms with Gasteiger partial charge < -0.3 is 4.90 Å². The summed E-state index contributed by atoms with van der Waals surface area (Å²) >= 11 is 6.03. The lowest BCUT2D eigenvalue weighted by Crippen LogP contribution is -2.46. The first kappa shape index (κ1) is 19.2. The molecule has 4 nitrogen and oxygen atoms in total. The Labute approximate surface area is 159 Å². The number of carbonyl (C=O) groups excluding carboxylic acids is 2. The molecule has 0 bridgehead atoms. The standard InChI is InChI=1S/C19H16ClF3N2O2/c1-24(16-11-12(19(21,22)23)7-8-14(16)20)18(27)15-9-10-17(26)25(15)13-5-3-2-4-6-13/h2-8,11,15H,9-10H2,1H3. The van der Waals surface area contributed by atoms with Crippen molar-refractivity contribution < 1.29 is 22.8 Å². The van der Waals surface area contributed by atoms with Gasteiger partial charge >= 0.3 is 6.18 Å². The molecule has 8 heteroatoms. The zero-order chi connectivity index (χ0) is 19.8. The molecule has 2 amide bonds. The van der Waals surface area contributed by atoms with Gasteiger partial charge in [-0.25, -0.2) is 0 Å². The highest BCUT2D eigenvalue weighted by Gasteiger charge is 2.39. The van der Waals surface area contributed by atoms with E-state index < -0.39 is 23.7 Å². The third-order valence-electron chi connectivity index (χ3n) is 4.50. The Balaban J connectivity index is 1.92. The van der Waals surface area contributed by atoms with E-state index in [4.69, 9.17) is 11.6 Å². The summed E-state index contributed by atoms with van der Waals surface area (Å²) in [5, 5.41) is 0.0226. The number of benzene rings is 2. The highest BCUT2D eigenvalue weighted by atomic mass is 35.5. The van der Waals surface area contributed by atoms with Gasteiger partial charge in [-0.1, -0.05) is 29.8 Å². The number of hydrogen-bond donors (Lipinski definition) is 0. The molecule has 1 fully saturated rings. The van der Waals surface area contributed by atoms with Crippen LogP contribution in [0.15, 0.2) is 48.5 Å². The quantitative estimate of drug-likeness (QED) is 0.765. The molecule has 0 aliphatic carbocycles. The molecular formula is C19H16ClF3N2O2. The number of rotatable bonds is 3. The van der Waals surface area contributed by atoms with Crippen molar-refractivity contribution in [3.63, 3.8) is 0 Å². The highest BCUT2D eigenvalue weighted by Crippen LogP contribution is 2.36. The number of anilines is 2. The van der Waals surface area contributed by atoms with Gasteiger partial charge in [0.05, 0.1) is 16.3 Å².